The Kier molecular flexibility index (Phi) is 6.22. The number of hydrogen-bond acceptors (Lipinski definition) is 4. The summed E-state index contributed by atoms with van der Waals surface area (Å²) in [6, 6.07) is 18.7. The maximum absolute atomic E-state index is 12.4. The molecule has 152 valence electrons. The van der Waals surface area contributed by atoms with Crippen LogP contribution in [-0.4, -0.2) is 64.5 Å². The number of imidazole rings is 1. The van der Waals surface area contributed by atoms with Gasteiger partial charge in [0.1, 0.15) is 5.82 Å². The van der Waals surface area contributed by atoms with E-state index < -0.39 is 0 Å². The average Bonchev–Trinajstić information content (AvgIpc) is 3.06. The van der Waals surface area contributed by atoms with Gasteiger partial charge in [0.2, 0.25) is 5.91 Å². The fourth-order valence-corrected chi connectivity index (χ4v) is 3.99. The van der Waals surface area contributed by atoms with Crippen molar-refractivity contribution < 1.29 is 4.79 Å². The van der Waals surface area contributed by atoms with Crippen LogP contribution < -0.4 is 5.32 Å². The van der Waals surface area contributed by atoms with E-state index in [4.69, 9.17) is 0 Å². The summed E-state index contributed by atoms with van der Waals surface area (Å²) in [5.74, 6) is 1.08. The van der Waals surface area contributed by atoms with E-state index in [1.807, 2.05) is 25.1 Å². The first-order valence-corrected chi connectivity index (χ1v) is 10.4. The van der Waals surface area contributed by atoms with Crippen LogP contribution >= 0.6 is 0 Å². The zero-order valence-corrected chi connectivity index (χ0v) is 17.1. The van der Waals surface area contributed by atoms with Crippen LogP contribution in [-0.2, 0) is 17.9 Å². The van der Waals surface area contributed by atoms with Gasteiger partial charge < -0.3 is 9.88 Å². The highest BCUT2D eigenvalue weighted by Crippen LogP contribution is 2.14. The van der Waals surface area contributed by atoms with E-state index in [1.54, 1.807) is 0 Å². The van der Waals surface area contributed by atoms with E-state index in [-0.39, 0.29) is 5.91 Å². The second-order valence-electron chi connectivity index (χ2n) is 7.69. The minimum absolute atomic E-state index is 0.101. The maximum atomic E-state index is 12.4. The van der Waals surface area contributed by atoms with Crippen LogP contribution in [0.5, 0.6) is 0 Å². The van der Waals surface area contributed by atoms with Crippen molar-refractivity contribution in [3.8, 4) is 0 Å². The molecular weight excluding hydrogens is 362 g/mol. The Morgan fingerprint density at radius 1 is 0.966 bits per heavy atom. The minimum Gasteiger partial charge on any atom is -0.353 e. The first kappa shape index (κ1) is 19.6. The van der Waals surface area contributed by atoms with Crippen molar-refractivity contribution in [2.24, 2.45) is 0 Å². The van der Waals surface area contributed by atoms with Gasteiger partial charge in [-0.05, 0) is 24.6 Å². The Morgan fingerprint density at radius 3 is 2.45 bits per heavy atom. The molecule has 1 aromatic heterocycles. The van der Waals surface area contributed by atoms with Crippen molar-refractivity contribution in [3.05, 3.63) is 66.0 Å². The molecule has 4 rings (SSSR count). The van der Waals surface area contributed by atoms with Gasteiger partial charge in [0.15, 0.2) is 0 Å². The standard InChI is InChI=1S/C23H29N5O/c1-19-25-21-9-5-6-10-22(21)28(19)12-11-24-23(29)18-27-15-13-26(14-16-27)17-20-7-3-2-4-8-20/h2-10H,11-18H2,1H3,(H,24,29). The number of hydrogen-bond donors (Lipinski definition) is 1. The van der Waals surface area contributed by atoms with Crippen LogP contribution in [0.25, 0.3) is 11.0 Å². The summed E-state index contributed by atoms with van der Waals surface area (Å²) < 4.78 is 2.16. The molecule has 3 aromatic rings. The number of carbonyl (C=O) groups is 1. The Labute approximate surface area is 172 Å². The highest BCUT2D eigenvalue weighted by molar-refractivity contribution is 5.78. The normalized spacial score (nSPS) is 15.6. The number of aromatic nitrogens is 2. The van der Waals surface area contributed by atoms with E-state index in [0.717, 1.165) is 56.1 Å². The molecule has 0 aliphatic carbocycles. The van der Waals surface area contributed by atoms with Gasteiger partial charge in [0, 0.05) is 45.8 Å². The van der Waals surface area contributed by atoms with Gasteiger partial charge in [-0.25, -0.2) is 4.98 Å². The van der Waals surface area contributed by atoms with Crippen molar-refractivity contribution in [2.45, 2.75) is 20.0 Å². The molecule has 1 aliphatic rings. The summed E-state index contributed by atoms with van der Waals surface area (Å²) in [5.41, 5.74) is 3.47. The molecule has 1 saturated heterocycles. The number of para-hydroxylation sites is 2. The molecule has 0 saturated carbocycles. The fraction of sp³-hybridized carbons (Fsp3) is 0.391. The number of amides is 1. The predicted molar refractivity (Wildman–Crippen MR) is 116 cm³/mol. The van der Waals surface area contributed by atoms with E-state index >= 15 is 0 Å². The van der Waals surface area contributed by atoms with E-state index in [1.165, 1.54) is 5.56 Å². The monoisotopic (exact) mass is 391 g/mol. The van der Waals surface area contributed by atoms with Crippen molar-refractivity contribution in [3.63, 3.8) is 0 Å². The molecule has 6 nitrogen and oxygen atoms in total. The molecule has 1 amide bonds. The molecule has 2 aromatic carbocycles. The molecule has 0 spiro atoms. The molecule has 0 bridgehead atoms. The summed E-state index contributed by atoms with van der Waals surface area (Å²) in [6.45, 7) is 8.71. The number of nitrogens with one attached hydrogen (secondary N) is 1. The van der Waals surface area contributed by atoms with Crippen molar-refractivity contribution in [1.29, 1.82) is 0 Å². The summed E-state index contributed by atoms with van der Waals surface area (Å²) >= 11 is 0. The lowest BCUT2D eigenvalue weighted by Gasteiger charge is -2.34. The highest BCUT2D eigenvalue weighted by Gasteiger charge is 2.19. The van der Waals surface area contributed by atoms with Gasteiger partial charge in [-0.3, -0.25) is 14.6 Å². The second kappa shape index (κ2) is 9.20. The first-order chi connectivity index (χ1) is 14.2. The molecule has 0 atom stereocenters. The van der Waals surface area contributed by atoms with Crippen LogP contribution in [0.4, 0.5) is 0 Å². The summed E-state index contributed by atoms with van der Waals surface area (Å²) in [5, 5.41) is 3.07. The zero-order chi connectivity index (χ0) is 20.1. The maximum Gasteiger partial charge on any atom is 0.234 e. The minimum atomic E-state index is 0.101. The number of rotatable bonds is 7. The average molecular weight is 392 g/mol. The Bertz CT molecular complexity index is 944. The third kappa shape index (κ3) is 5.02. The van der Waals surface area contributed by atoms with Gasteiger partial charge in [0.05, 0.1) is 17.6 Å². The van der Waals surface area contributed by atoms with E-state index in [0.29, 0.717) is 13.1 Å². The van der Waals surface area contributed by atoms with Gasteiger partial charge >= 0.3 is 0 Å². The molecule has 1 fully saturated rings. The molecule has 2 heterocycles. The zero-order valence-electron chi connectivity index (χ0n) is 17.1. The number of aryl methyl sites for hydroxylation is 1. The molecule has 1 aliphatic heterocycles. The van der Waals surface area contributed by atoms with Crippen molar-refractivity contribution >= 4 is 16.9 Å². The number of fused-ring (bicyclic) bond motifs is 1. The van der Waals surface area contributed by atoms with Crippen LogP contribution in [0.1, 0.15) is 11.4 Å². The highest BCUT2D eigenvalue weighted by atomic mass is 16.2. The third-order valence-corrected chi connectivity index (χ3v) is 5.58. The van der Waals surface area contributed by atoms with Crippen LogP contribution in [0.2, 0.25) is 0 Å². The lowest BCUT2D eigenvalue weighted by molar-refractivity contribution is -0.122. The van der Waals surface area contributed by atoms with E-state index in [2.05, 4.69) is 61.1 Å². The lowest BCUT2D eigenvalue weighted by Crippen LogP contribution is -2.49. The third-order valence-electron chi connectivity index (χ3n) is 5.58. The number of benzene rings is 2. The molecule has 1 N–H and O–H groups in total. The quantitative estimate of drug-likeness (QED) is 0.671. The number of piperazine rings is 1. The molecule has 6 heteroatoms. The van der Waals surface area contributed by atoms with Crippen LogP contribution in [0, 0.1) is 6.92 Å². The molecule has 0 radical (unpaired) electrons. The number of nitrogens with zero attached hydrogens (tertiary/aromatic N) is 4. The fourth-order valence-electron chi connectivity index (χ4n) is 3.99. The largest absolute Gasteiger partial charge is 0.353 e. The predicted octanol–water partition coefficient (Wildman–Crippen LogP) is 2.28. The van der Waals surface area contributed by atoms with Gasteiger partial charge in [-0.15, -0.1) is 0 Å². The Hall–Kier alpha value is -2.70. The molecule has 29 heavy (non-hydrogen) atoms. The van der Waals surface area contributed by atoms with Gasteiger partial charge in [-0.2, -0.15) is 0 Å². The van der Waals surface area contributed by atoms with Gasteiger partial charge in [0.25, 0.3) is 0 Å². The van der Waals surface area contributed by atoms with Crippen LogP contribution in [0.15, 0.2) is 54.6 Å². The van der Waals surface area contributed by atoms with Crippen molar-refractivity contribution in [1.82, 2.24) is 24.7 Å². The second-order valence-corrected chi connectivity index (χ2v) is 7.69. The summed E-state index contributed by atoms with van der Waals surface area (Å²) in [6.07, 6.45) is 0. The Balaban J connectivity index is 1.19. The smallest absolute Gasteiger partial charge is 0.234 e. The molecular formula is C23H29N5O. The SMILES string of the molecule is Cc1nc2ccccc2n1CCNC(=O)CN1CCN(Cc2ccccc2)CC1. The number of carbonyl (C=O) groups excluding carboxylic acids is 1. The molecule has 0 unspecified atom stereocenters. The van der Waals surface area contributed by atoms with Crippen molar-refractivity contribution in [2.75, 3.05) is 39.3 Å². The summed E-state index contributed by atoms with van der Waals surface area (Å²) in [4.78, 5) is 21.6. The van der Waals surface area contributed by atoms with E-state index in [9.17, 15) is 4.79 Å². The Morgan fingerprint density at radius 2 is 1.66 bits per heavy atom. The lowest BCUT2D eigenvalue weighted by atomic mass is 10.2. The topological polar surface area (TPSA) is 53.4 Å². The summed E-state index contributed by atoms with van der Waals surface area (Å²) in [7, 11) is 0. The van der Waals surface area contributed by atoms with Crippen LogP contribution in [0.3, 0.4) is 0 Å². The van der Waals surface area contributed by atoms with Gasteiger partial charge in [-0.1, -0.05) is 42.5 Å². The first-order valence-electron chi connectivity index (χ1n) is 10.4.